The van der Waals surface area contributed by atoms with E-state index in [0.29, 0.717) is 18.7 Å². The van der Waals surface area contributed by atoms with E-state index in [9.17, 15) is 4.79 Å². The zero-order valence-electron chi connectivity index (χ0n) is 19.6. The lowest BCUT2D eigenvalue weighted by molar-refractivity contribution is -0.132. The largest absolute Gasteiger partial charge is 0.493 e. The summed E-state index contributed by atoms with van der Waals surface area (Å²) in [6, 6.07) is 4.02. The molecule has 0 bridgehead atoms. The standard InChI is InChI=1S/C23H38N4O3.HI/c1-17(2)8-6-11-25-23(24-3)26-12-7-9-22(28)27-13-10-18-14-20(29-4)21(30-5)15-19(18)16-27;/h14-15,17H,6-13,16H2,1-5H3,(H2,24,25,26);1H. The molecule has 0 atom stereocenters. The summed E-state index contributed by atoms with van der Waals surface area (Å²) in [7, 11) is 5.06. The van der Waals surface area contributed by atoms with Gasteiger partial charge in [0.25, 0.3) is 0 Å². The van der Waals surface area contributed by atoms with E-state index in [1.54, 1.807) is 21.3 Å². The third-order valence-electron chi connectivity index (χ3n) is 5.40. The van der Waals surface area contributed by atoms with E-state index in [1.807, 2.05) is 17.0 Å². The number of fused-ring (bicyclic) bond motifs is 1. The average molecular weight is 546 g/mol. The first-order chi connectivity index (χ1) is 14.5. The normalized spacial score (nSPS) is 13.4. The van der Waals surface area contributed by atoms with Crippen LogP contribution in [0.2, 0.25) is 0 Å². The Balaban J connectivity index is 0.00000480. The number of hydrogen-bond donors (Lipinski definition) is 2. The number of halogens is 1. The van der Waals surface area contributed by atoms with Crippen LogP contribution in [-0.4, -0.2) is 57.7 Å². The summed E-state index contributed by atoms with van der Waals surface area (Å²) in [5.74, 6) is 3.17. The second-order valence-corrected chi connectivity index (χ2v) is 8.11. The Labute approximate surface area is 204 Å². The molecule has 1 heterocycles. The van der Waals surface area contributed by atoms with E-state index >= 15 is 0 Å². The molecule has 8 heteroatoms. The van der Waals surface area contributed by atoms with Crippen LogP contribution in [0.4, 0.5) is 0 Å². The maximum Gasteiger partial charge on any atom is 0.222 e. The lowest BCUT2D eigenvalue weighted by atomic mass is 9.98. The number of hydrogen-bond acceptors (Lipinski definition) is 4. The molecule has 0 aromatic heterocycles. The zero-order chi connectivity index (χ0) is 21.9. The summed E-state index contributed by atoms with van der Waals surface area (Å²) in [5, 5.41) is 6.63. The summed E-state index contributed by atoms with van der Waals surface area (Å²) >= 11 is 0. The number of methoxy groups -OCH3 is 2. The summed E-state index contributed by atoms with van der Waals surface area (Å²) in [5.41, 5.74) is 2.36. The van der Waals surface area contributed by atoms with Crippen LogP contribution >= 0.6 is 24.0 Å². The highest BCUT2D eigenvalue weighted by molar-refractivity contribution is 14.0. The molecule has 0 fully saturated rings. The SMILES string of the molecule is CN=C(NCCCC(=O)N1CCc2cc(OC)c(OC)cc2C1)NCCCC(C)C.I. The van der Waals surface area contributed by atoms with Crippen molar-refractivity contribution < 1.29 is 14.3 Å². The van der Waals surface area contributed by atoms with Gasteiger partial charge < -0.3 is 25.0 Å². The van der Waals surface area contributed by atoms with Crippen molar-refractivity contribution in [1.82, 2.24) is 15.5 Å². The molecule has 1 aliphatic heterocycles. The second-order valence-electron chi connectivity index (χ2n) is 8.11. The van der Waals surface area contributed by atoms with Gasteiger partial charge in [0, 0.05) is 39.6 Å². The van der Waals surface area contributed by atoms with Crippen LogP contribution < -0.4 is 20.1 Å². The van der Waals surface area contributed by atoms with Crippen LogP contribution in [-0.2, 0) is 17.8 Å². The molecule has 1 amide bonds. The molecule has 1 aliphatic rings. The van der Waals surface area contributed by atoms with Crippen molar-refractivity contribution in [3.8, 4) is 11.5 Å². The minimum atomic E-state index is 0. The predicted molar refractivity (Wildman–Crippen MR) is 137 cm³/mol. The summed E-state index contributed by atoms with van der Waals surface area (Å²) < 4.78 is 10.8. The Hall–Kier alpha value is -1.71. The van der Waals surface area contributed by atoms with E-state index in [2.05, 4.69) is 29.5 Å². The van der Waals surface area contributed by atoms with Gasteiger partial charge in [-0.3, -0.25) is 9.79 Å². The fourth-order valence-electron chi connectivity index (χ4n) is 3.64. The molecule has 1 aromatic carbocycles. The zero-order valence-corrected chi connectivity index (χ0v) is 22.0. The topological polar surface area (TPSA) is 75.2 Å². The number of benzene rings is 1. The minimum absolute atomic E-state index is 0. The molecule has 2 rings (SSSR count). The van der Waals surface area contributed by atoms with Gasteiger partial charge in [-0.05, 0) is 54.9 Å². The fraction of sp³-hybridized carbons (Fsp3) is 0.652. The first-order valence-corrected chi connectivity index (χ1v) is 10.9. The van der Waals surface area contributed by atoms with Crippen molar-refractivity contribution in [2.75, 3.05) is 40.9 Å². The van der Waals surface area contributed by atoms with Crippen LogP contribution in [0.25, 0.3) is 0 Å². The van der Waals surface area contributed by atoms with Gasteiger partial charge in [-0.25, -0.2) is 0 Å². The lowest BCUT2D eigenvalue weighted by Crippen LogP contribution is -2.39. The van der Waals surface area contributed by atoms with Gasteiger partial charge in [-0.2, -0.15) is 0 Å². The Morgan fingerprint density at radius 1 is 1.10 bits per heavy atom. The van der Waals surface area contributed by atoms with Crippen LogP contribution in [0.1, 0.15) is 50.7 Å². The molecule has 0 saturated carbocycles. The summed E-state index contributed by atoms with van der Waals surface area (Å²) in [6.45, 7) is 7.48. The highest BCUT2D eigenvalue weighted by Gasteiger charge is 2.22. The van der Waals surface area contributed by atoms with Crippen molar-refractivity contribution in [1.29, 1.82) is 0 Å². The van der Waals surface area contributed by atoms with Gasteiger partial charge in [0.15, 0.2) is 17.5 Å². The van der Waals surface area contributed by atoms with Crippen LogP contribution in [0.15, 0.2) is 17.1 Å². The van der Waals surface area contributed by atoms with Gasteiger partial charge in [0.2, 0.25) is 5.91 Å². The Morgan fingerprint density at radius 2 is 1.71 bits per heavy atom. The number of carbonyl (C=O) groups excluding carboxylic acids is 1. The quantitative estimate of drug-likeness (QED) is 0.203. The third kappa shape index (κ3) is 8.74. The van der Waals surface area contributed by atoms with Crippen LogP contribution in [0.3, 0.4) is 0 Å². The fourth-order valence-corrected chi connectivity index (χ4v) is 3.64. The van der Waals surface area contributed by atoms with Gasteiger partial charge >= 0.3 is 0 Å². The highest BCUT2D eigenvalue weighted by Crippen LogP contribution is 2.33. The lowest BCUT2D eigenvalue weighted by Gasteiger charge is -2.29. The second kappa shape index (κ2) is 14.4. The maximum atomic E-state index is 12.7. The predicted octanol–water partition coefficient (Wildman–Crippen LogP) is 3.59. The van der Waals surface area contributed by atoms with Gasteiger partial charge in [0.05, 0.1) is 14.2 Å². The molecular formula is C23H39IN4O3. The number of carbonyl (C=O) groups is 1. The number of aliphatic imine (C=N–C) groups is 1. The molecule has 0 unspecified atom stereocenters. The summed E-state index contributed by atoms with van der Waals surface area (Å²) in [4.78, 5) is 18.9. The van der Waals surface area contributed by atoms with Gasteiger partial charge in [-0.15, -0.1) is 24.0 Å². The molecule has 176 valence electrons. The highest BCUT2D eigenvalue weighted by atomic mass is 127. The van der Waals surface area contributed by atoms with Gasteiger partial charge in [0.1, 0.15) is 0 Å². The molecule has 0 radical (unpaired) electrons. The van der Waals surface area contributed by atoms with Crippen molar-refractivity contribution in [2.24, 2.45) is 10.9 Å². The van der Waals surface area contributed by atoms with Crippen LogP contribution in [0.5, 0.6) is 11.5 Å². The van der Waals surface area contributed by atoms with Crippen molar-refractivity contribution >= 4 is 35.8 Å². The first-order valence-electron chi connectivity index (χ1n) is 10.9. The number of nitrogens with one attached hydrogen (secondary N) is 2. The molecule has 7 nitrogen and oxygen atoms in total. The Bertz CT molecular complexity index is 725. The van der Waals surface area contributed by atoms with E-state index in [1.165, 1.54) is 12.0 Å². The first kappa shape index (κ1) is 27.3. The molecular weight excluding hydrogens is 507 g/mol. The monoisotopic (exact) mass is 546 g/mol. The molecule has 2 N–H and O–H groups in total. The number of amides is 1. The van der Waals surface area contributed by atoms with E-state index in [4.69, 9.17) is 9.47 Å². The molecule has 0 aliphatic carbocycles. The van der Waals surface area contributed by atoms with Crippen molar-refractivity contribution in [2.45, 2.75) is 52.5 Å². The van der Waals surface area contributed by atoms with E-state index in [-0.39, 0.29) is 29.9 Å². The van der Waals surface area contributed by atoms with Crippen LogP contribution in [0, 0.1) is 5.92 Å². The molecule has 1 aromatic rings. The Kier molecular flexibility index (Phi) is 12.7. The minimum Gasteiger partial charge on any atom is -0.493 e. The van der Waals surface area contributed by atoms with Crippen molar-refractivity contribution in [3.63, 3.8) is 0 Å². The van der Waals surface area contributed by atoms with Crippen molar-refractivity contribution in [3.05, 3.63) is 23.3 Å². The summed E-state index contributed by atoms with van der Waals surface area (Å²) in [6.07, 6.45) is 4.48. The third-order valence-corrected chi connectivity index (χ3v) is 5.40. The van der Waals surface area contributed by atoms with E-state index < -0.39 is 0 Å². The molecule has 0 saturated heterocycles. The molecule has 31 heavy (non-hydrogen) atoms. The molecule has 0 spiro atoms. The average Bonchev–Trinajstić information content (AvgIpc) is 2.76. The smallest absolute Gasteiger partial charge is 0.222 e. The number of ether oxygens (including phenoxy) is 2. The number of guanidine groups is 1. The van der Waals surface area contributed by atoms with E-state index in [0.717, 1.165) is 62.1 Å². The van der Waals surface area contributed by atoms with Gasteiger partial charge in [-0.1, -0.05) is 13.8 Å². The Morgan fingerprint density at radius 3 is 2.29 bits per heavy atom. The maximum absolute atomic E-state index is 12.7. The number of nitrogens with zero attached hydrogens (tertiary/aromatic N) is 2. The number of rotatable bonds is 10.